The normalized spacial score (nSPS) is 13.9. The number of piperazine rings is 1. The first-order valence-electron chi connectivity index (χ1n) is 12.9. The molecular formula is C29H34N8O2. The number of rotatable bonds is 8. The molecule has 10 nitrogen and oxygen atoms in total. The average molecular weight is 527 g/mol. The molecule has 0 spiro atoms. The molecule has 2 aromatic heterocycles. The summed E-state index contributed by atoms with van der Waals surface area (Å²) in [5.74, 6) is 0.504. The molecule has 4 aromatic rings. The van der Waals surface area contributed by atoms with Gasteiger partial charge in [0.1, 0.15) is 5.39 Å². The highest BCUT2D eigenvalue weighted by Crippen LogP contribution is 2.27. The molecule has 1 amide bonds. The fraction of sp³-hybridized carbons (Fsp3) is 0.310. The third kappa shape index (κ3) is 5.28. The number of amides is 1. The van der Waals surface area contributed by atoms with E-state index in [1.165, 1.54) is 0 Å². The van der Waals surface area contributed by atoms with Gasteiger partial charge in [-0.1, -0.05) is 18.2 Å². The van der Waals surface area contributed by atoms with E-state index in [9.17, 15) is 9.59 Å². The van der Waals surface area contributed by atoms with Crippen molar-refractivity contribution in [2.75, 3.05) is 51.0 Å². The molecule has 39 heavy (non-hydrogen) atoms. The van der Waals surface area contributed by atoms with Gasteiger partial charge in [0.25, 0.3) is 5.56 Å². The molecule has 0 bridgehead atoms. The lowest BCUT2D eigenvalue weighted by molar-refractivity contribution is -0.129. The maximum absolute atomic E-state index is 13.3. The monoisotopic (exact) mass is 526 g/mol. The van der Waals surface area contributed by atoms with Crippen LogP contribution in [0, 0.1) is 6.92 Å². The van der Waals surface area contributed by atoms with E-state index in [-0.39, 0.29) is 11.5 Å². The van der Waals surface area contributed by atoms with Crippen molar-refractivity contribution in [2.24, 2.45) is 0 Å². The Kier molecular flexibility index (Phi) is 7.21. The van der Waals surface area contributed by atoms with Crippen molar-refractivity contribution in [1.29, 1.82) is 0 Å². The first-order valence-corrected chi connectivity index (χ1v) is 12.9. The molecule has 1 aliphatic heterocycles. The molecular weight excluding hydrogens is 492 g/mol. The molecule has 1 N–H and O–H groups in total. The second-order valence-corrected chi connectivity index (χ2v) is 10.2. The van der Waals surface area contributed by atoms with Crippen LogP contribution < -0.4 is 15.8 Å². The molecule has 1 fully saturated rings. The van der Waals surface area contributed by atoms with E-state index < -0.39 is 0 Å². The Bertz CT molecular complexity index is 1600. The number of nitrogens with zero attached hydrogens (tertiary/aromatic N) is 7. The summed E-state index contributed by atoms with van der Waals surface area (Å²) >= 11 is 0. The Hall–Kier alpha value is -4.44. The number of fused-ring (bicyclic) bond motifs is 1. The number of carbonyl (C=O) groups is 1. The quantitative estimate of drug-likeness (QED) is 0.353. The molecule has 1 saturated heterocycles. The molecule has 0 atom stereocenters. The van der Waals surface area contributed by atoms with Crippen LogP contribution in [-0.2, 0) is 17.9 Å². The van der Waals surface area contributed by atoms with Gasteiger partial charge in [-0.3, -0.25) is 9.59 Å². The van der Waals surface area contributed by atoms with Gasteiger partial charge in [-0.05, 0) is 62.5 Å². The van der Waals surface area contributed by atoms with Crippen molar-refractivity contribution < 1.29 is 4.79 Å². The number of hydrogen-bond donors (Lipinski definition) is 1. The third-order valence-corrected chi connectivity index (χ3v) is 6.88. The Labute approximate surface area is 227 Å². The minimum Gasteiger partial charge on any atom is -0.360 e. The number of aromatic nitrogens is 4. The maximum Gasteiger partial charge on any atom is 0.278 e. The van der Waals surface area contributed by atoms with Crippen LogP contribution in [0.3, 0.4) is 0 Å². The van der Waals surface area contributed by atoms with Crippen molar-refractivity contribution in [3.05, 3.63) is 82.8 Å². The lowest BCUT2D eigenvalue weighted by atomic mass is 10.1. The Morgan fingerprint density at radius 2 is 1.95 bits per heavy atom. The molecule has 5 rings (SSSR count). The number of nitrogens with one attached hydrogen (secondary N) is 1. The van der Waals surface area contributed by atoms with Gasteiger partial charge >= 0.3 is 0 Å². The highest BCUT2D eigenvalue weighted by atomic mass is 16.2. The van der Waals surface area contributed by atoms with Crippen LogP contribution >= 0.6 is 0 Å². The molecule has 1 aliphatic rings. The van der Waals surface area contributed by atoms with E-state index in [0.29, 0.717) is 36.6 Å². The first kappa shape index (κ1) is 26.2. The van der Waals surface area contributed by atoms with E-state index in [2.05, 4.69) is 38.8 Å². The van der Waals surface area contributed by atoms with Crippen molar-refractivity contribution in [1.82, 2.24) is 29.1 Å². The lowest BCUT2D eigenvalue weighted by Crippen LogP contribution is -2.48. The van der Waals surface area contributed by atoms with Crippen molar-refractivity contribution >= 4 is 34.3 Å². The van der Waals surface area contributed by atoms with Crippen LogP contribution in [0.15, 0.2) is 66.1 Å². The molecule has 0 aliphatic carbocycles. The smallest absolute Gasteiger partial charge is 0.278 e. The average Bonchev–Trinajstić information content (AvgIpc) is 3.16. The number of aryl methyl sites for hydroxylation is 1. The van der Waals surface area contributed by atoms with E-state index in [1.807, 2.05) is 63.1 Å². The molecule has 3 heterocycles. The fourth-order valence-corrected chi connectivity index (χ4v) is 4.97. The zero-order valence-electron chi connectivity index (χ0n) is 22.9. The largest absolute Gasteiger partial charge is 0.360 e. The first-order chi connectivity index (χ1) is 18.7. The van der Waals surface area contributed by atoms with Gasteiger partial charge in [0, 0.05) is 44.3 Å². The third-order valence-electron chi connectivity index (χ3n) is 6.88. The van der Waals surface area contributed by atoms with Gasteiger partial charge in [0.15, 0.2) is 5.65 Å². The van der Waals surface area contributed by atoms with Crippen molar-refractivity contribution in [3.63, 3.8) is 0 Å². The predicted octanol–water partition coefficient (Wildman–Crippen LogP) is 3.16. The zero-order chi connectivity index (χ0) is 27.7. The van der Waals surface area contributed by atoms with Crippen LogP contribution in [-0.4, -0.2) is 75.8 Å². The van der Waals surface area contributed by atoms with E-state index in [0.717, 1.165) is 41.3 Å². The van der Waals surface area contributed by atoms with Crippen LogP contribution in [0.1, 0.15) is 11.1 Å². The summed E-state index contributed by atoms with van der Waals surface area (Å²) in [6, 6.07) is 14.1. The maximum atomic E-state index is 13.3. The summed E-state index contributed by atoms with van der Waals surface area (Å²) in [4.78, 5) is 40.7. The Morgan fingerprint density at radius 3 is 2.67 bits per heavy atom. The second kappa shape index (κ2) is 10.7. The summed E-state index contributed by atoms with van der Waals surface area (Å²) in [5.41, 5.74) is 5.22. The van der Waals surface area contributed by atoms with Crippen molar-refractivity contribution in [3.8, 4) is 5.69 Å². The zero-order valence-corrected chi connectivity index (χ0v) is 22.9. The van der Waals surface area contributed by atoms with Gasteiger partial charge in [-0.15, -0.1) is 6.58 Å². The van der Waals surface area contributed by atoms with E-state index in [4.69, 9.17) is 4.98 Å². The van der Waals surface area contributed by atoms with Gasteiger partial charge in [-0.2, -0.15) is 4.98 Å². The molecule has 202 valence electrons. The molecule has 0 saturated carbocycles. The van der Waals surface area contributed by atoms with Crippen molar-refractivity contribution in [2.45, 2.75) is 20.0 Å². The van der Waals surface area contributed by atoms with Gasteiger partial charge in [0.05, 0.1) is 18.8 Å². The summed E-state index contributed by atoms with van der Waals surface area (Å²) < 4.78 is 3.46. The number of carbonyl (C=O) groups excluding carboxylic acids is 1. The summed E-state index contributed by atoms with van der Waals surface area (Å²) in [6.45, 7) is 8.86. The highest BCUT2D eigenvalue weighted by molar-refractivity contribution is 5.83. The van der Waals surface area contributed by atoms with Gasteiger partial charge < -0.3 is 20.0 Å². The molecule has 2 aromatic carbocycles. The molecule has 10 heteroatoms. The lowest BCUT2D eigenvalue weighted by Gasteiger charge is -2.34. The predicted molar refractivity (Wildman–Crippen MR) is 155 cm³/mol. The summed E-state index contributed by atoms with van der Waals surface area (Å²) in [7, 11) is 5.88. The Morgan fingerprint density at radius 1 is 1.13 bits per heavy atom. The Balaban J connectivity index is 1.50. The number of allylic oxidation sites excluding steroid dienone is 1. The second-order valence-electron chi connectivity index (χ2n) is 10.2. The topological polar surface area (TPSA) is 91.5 Å². The summed E-state index contributed by atoms with van der Waals surface area (Å²) in [5, 5.41) is 3.73. The van der Waals surface area contributed by atoms with Crippen LogP contribution in [0.4, 0.5) is 17.3 Å². The number of benzene rings is 2. The van der Waals surface area contributed by atoms with Crippen LogP contribution in [0.25, 0.3) is 16.7 Å². The number of likely N-dealkylation sites (N-methyl/N-ethyl adjacent to an activating group) is 1. The van der Waals surface area contributed by atoms with Gasteiger partial charge in [0.2, 0.25) is 11.9 Å². The molecule has 0 unspecified atom stereocenters. The number of hydrogen-bond acceptors (Lipinski definition) is 7. The van der Waals surface area contributed by atoms with E-state index in [1.54, 1.807) is 21.9 Å². The molecule has 0 radical (unpaired) electrons. The highest BCUT2D eigenvalue weighted by Gasteiger charge is 2.22. The SMILES string of the molecule is C=CCn1c(=O)c2cnc(Nc3ccc(N4CCN(C)C(=O)C4)c(C)c3)nc2n1-c1cccc(CN(C)C)c1. The fourth-order valence-electron chi connectivity index (χ4n) is 4.97. The van der Waals surface area contributed by atoms with Crippen LogP contribution in [0.5, 0.6) is 0 Å². The standard InChI is InChI=1S/C29H34N8O2/c1-6-12-36-28(39)24-17-30-29(32-27(24)37(36)23-9-7-8-21(16-23)18-33(3)4)31-22-10-11-25(20(2)15-22)35-14-13-34(5)26(38)19-35/h6-11,15-17H,1,12-14,18-19H2,2-5H3,(H,30,31,32). The minimum absolute atomic E-state index is 0.117. The van der Waals surface area contributed by atoms with Crippen LogP contribution in [0.2, 0.25) is 0 Å². The minimum atomic E-state index is -0.170. The summed E-state index contributed by atoms with van der Waals surface area (Å²) in [6.07, 6.45) is 3.27. The van der Waals surface area contributed by atoms with Gasteiger partial charge in [-0.25, -0.2) is 14.3 Å². The number of anilines is 3. The van der Waals surface area contributed by atoms with E-state index >= 15 is 0 Å².